The fourth-order valence-electron chi connectivity index (χ4n) is 2.38. The lowest BCUT2D eigenvalue weighted by Gasteiger charge is -2.25. The third-order valence-corrected chi connectivity index (χ3v) is 3.58. The molecule has 4 nitrogen and oxygen atoms in total. The molecule has 0 fully saturated rings. The monoisotopic (exact) mass is 334 g/mol. The number of hydrogen-bond acceptors (Lipinski definition) is 3. The zero-order chi connectivity index (χ0) is 17.7. The zero-order valence-electron chi connectivity index (χ0n) is 13.6. The van der Waals surface area contributed by atoms with E-state index in [1.54, 1.807) is 12.1 Å². The minimum Gasteiger partial charge on any atom is -0.384 e. The van der Waals surface area contributed by atoms with E-state index in [1.165, 1.54) is 19.9 Å². The van der Waals surface area contributed by atoms with Crippen molar-refractivity contribution in [1.29, 1.82) is 0 Å². The molecule has 128 valence electrons. The first-order valence-corrected chi connectivity index (χ1v) is 7.53. The van der Waals surface area contributed by atoms with Crippen molar-refractivity contribution in [3.63, 3.8) is 0 Å². The SMILES string of the molecule is CC(=O)Nc1ccc(CNCC(C)(O)c2ccc(F)cc2F)cc1. The highest BCUT2D eigenvalue weighted by atomic mass is 19.1. The molecule has 0 heterocycles. The lowest BCUT2D eigenvalue weighted by atomic mass is 9.95. The molecule has 0 aliphatic heterocycles. The van der Waals surface area contributed by atoms with E-state index < -0.39 is 17.2 Å². The first kappa shape index (κ1) is 18.0. The molecule has 1 atom stereocenters. The lowest BCUT2D eigenvalue weighted by Crippen LogP contribution is -2.36. The number of rotatable bonds is 6. The number of carbonyl (C=O) groups is 1. The van der Waals surface area contributed by atoms with Crippen LogP contribution in [-0.2, 0) is 16.9 Å². The Labute approximate surface area is 139 Å². The molecule has 6 heteroatoms. The Morgan fingerprint density at radius 1 is 1.17 bits per heavy atom. The minimum atomic E-state index is -1.46. The van der Waals surface area contributed by atoms with Gasteiger partial charge >= 0.3 is 0 Å². The summed E-state index contributed by atoms with van der Waals surface area (Å²) < 4.78 is 26.7. The molecule has 0 saturated heterocycles. The minimum absolute atomic E-state index is 0.0393. The van der Waals surface area contributed by atoms with Crippen molar-refractivity contribution in [1.82, 2.24) is 5.32 Å². The topological polar surface area (TPSA) is 61.4 Å². The second kappa shape index (κ2) is 7.51. The van der Waals surface area contributed by atoms with Gasteiger partial charge in [-0.3, -0.25) is 4.79 Å². The molecule has 0 radical (unpaired) electrons. The lowest BCUT2D eigenvalue weighted by molar-refractivity contribution is -0.114. The highest BCUT2D eigenvalue weighted by Gasteiger charge is 2.26. The molecule has 0 saturated carbocycles. The molecule has 0 aromatic heterocycles. The van der Waals surface area contributed by atoms with Gasteiger partial charge in [0.05, 0.1) is 0 Å². The molecule has 0 aliphatic carbocycles. The fraction of sp³-hybridized carbons (Fsp3) is 0.278. The summed E-state index contributed by atoms with van der Waals surface area (Å²) >= 11 is 0. The number of carbonyl (C=O) groups excluding carboxylic acids is 1. The highest BCUT2D eigenvalue weighted by molar-refractivity contribution is 5.88. The van der Waals surface area contributed by atoms with Crippen LogP contribution in [0, 0.1) is 11.6 Å². The van der Waals surface area contributed by atoms with E-state index in [2.05, 4.69) is 10.6 Å². The molecule has 2 aromatic carbocycles. The predicted molar refractivity (Wildman–Crippen MR) is 88.4 cm³/mol. The number of halogens is 2. The standard InChI is InChI=1S/C18H20F2N2O2/c1-12(23)22-15-6-3-13(4-7-15)10-21-11-18(2,24)16-8-5-14(19)9-17(16)20/h3-9,21,24H,10-11H2,1-2H3,(H,22,23). The van der Waals surface area contributed by atoms with Crippen LogP contribution in [0.1, 0.15) is 25.0 Å². The average molecular weight is 334 g/mol. The maximum atomic E-state index is 13.8. The summed E-state index contributed by atoms with van der Waals surface area (Å²) in [7, 11) is 0. The molecule has 2 aromatic rings. The van der Waals surface area contributed by atoms with E-state index >= 15 is 0 Å². The molecule has 2 rings (SSSR count). The number of aliphatic hydroxyl groups is 1. The molecule has 0 spiro atoms. The maximum absolute atomic E-state index is 13.8. The Balaban J connectivity index is 1.93. The Morgan fingerprint density at radius 3 is 2.42 bits per heavy atom. The number of nitrogens with one attached hydrogen (secondary N) is 2. The third-order valence-electron chi connectivity index (χ3n) is 3.58. The quantitative estimate of drug-likeness (QED) is 0.761. The van der Waals surface area contributed by atoms with Gasteiger partial charge in [0.2, 0.25) is 5.91 Å². The van der Waals surface area contributed by atoms with Crippen molar-refractivity contribution < 1.29 is 18.7 Å². The number of anilines is 1. The van der Waals surface area contributed by atoms with E-state index in [-0.39, 0.29) is 18.0 Å². The molecular weight excluding hydrogens is 314 g/mol. The number of benzene rings is 2. The molecular formula is C18H20F2N2O2. The number of amides is 1. The summed E-state index contributed by atoms with van der Waals surface area (Å²) in [6, 6.07) is 10.3. The van der Waals surface area contributed by atoms with Gasteiger partial charge in [0.25, 0.3) is 0 Å². The van der Waals surface area contributed by atoms with Crippen molar-refractivity contribution in [3.05, 3.63) is 65.2 Å². The number of hydrogen-bond donors (Lipinski definition) is 3. The van der Waals surface area contributed by atoms with Gasteiger partial charge in [-0.05, 0) is 30.7 Å². The Bertz CT molecular complexity index is 715. The molecule has 0 aliphatic rings. The summed E-state index contributed by atoms with van der Waals surface area (Å²) in [6.07, 6.45) is 0. The normalized spacial score (nSPS) is 13.4. The summed E-state index contributed by atoms with van der Waals surface area (Å²) in [4.78, 5) is 11.0. The molecule has 1 unspecified atom stereocenters. The van der Waals surface area contributed by atoms with E-state index in [9.17, 15) is 18.7 Å². The molecule has 3 N–H and O–H groups in total. The van der Waals surface area contributed by atoms with Crippen molar-refractivity contribution >= 4 is 11.6 Å². The fourth-order valence-corrected chi connectivity index (χ4v) is 2.38. The van der Waals surface area contributed by atoms with Crippen LogP contribution >= 0.6 is 0 Å². The predicted octanol–water partition coefficient (Wildman–Crippen LogP) is 2.92. The zero-order valence-corrected chi connectivity index (χ0v) is 13.6. The molecule has 0 bridgehead atoms. The van der Waals surface area contributed by atoms with Crippen LogP contribution in [0.5, 0.6) is 0 Å². The second-order valence-electron chi connectivity index (χ2n) is 5.88. The van der Waals surface area contributed by atoms with E-state index in [1.807, 2.05) is 12.1 Å². The first-order valence-electron chi connectivity index (χ1n) is 7.53. The van der Waals surface area contributed by atoms with Crippen molar-refractivity contribution in [3.8, 4) is 0 Å². The van der Waals surface area contributed by atoms with E-state index in [0.717, 1.165) is 17.7 Å². The Morgan fingerprint density at radius 2 is 1.83 bits per heavy atom. The van der Waals surface area contributed by atoms with Crippen LogP contribution in [0.25, 0.3) is 0 Å². The van der Waals surface area contributed by atoms with Crippen molar-refractivity contribution in [2.24, 2.45) is 0 Å². The Kier molecular flexibility index (Phi) is 5.64. The van der Waals surface area contributed by atoms with Gasteiger partial charge in [-0.15, -0.1) is 0 Å². The molecule has 1 amide bonds. The van der Waals surface area contributed by atoms with Gasteiger partial charge in [0, 0.05) is 37.3 Å². The van der Waals surface area contributed by atoms with E-state index in [4.69, 9.17) is 0 Å². The van der Waals surface area contributed by atoms with Gasteiger partial charge in [-0.1, -0.05) is 18.2 Å². The summed E-state index contributed by atoms with van der Waals surface area (Å²) in [6.45, 7) is 3.46. The summed E-state index contributed by atoms with van der Waals surface area (Å²) in [5.41, 5.74) is 0.219. The third kappa shape index (κ3) is 4.84. The highest BCUT2D eigenvalue weighted by Crippen LogP contribution is 2.23. The van der Waals surface area contributed by atoms with Crippen LogP contribution in [0.2, 0.25) is 0 Å². The van der Waals surface area contributed by atoms with Crippen molar-refractivity contribution in [2.75, 3.05) is 11.9 Å². The summed E-state index contributed by atoms with van der Waals surface area (Å²) in [5.74, 6) is -1.60. The van der Waals surface area contributed by atoms with Gasteiger partial charge in [-0.25, -0.2) is 8.78 Å². The van der Waals surface area contributed by atoms with Gasteiger partial charge < -0.3 is 15.7 Å². The van der Waals surface area contributed by atoms with Crippen molar-refractivity contribution in [2.45, 2.75) is 26.0 Å². The smallest absolute Gasteiger partial charge is 0.221 e. The first-order chi connectivity index (χ1) is 11.3. The van der Waals surface area contributed by atoms with Crippen LogP contribution in [0.15, 0.2) is 42.5 Å². The average Bonchev–Trinajstić information content (AvgIpc) is 2.48. The summed E-state index contributed by atoms with van der Waals surface area (Å²) in [5, 5.41) is 16.1. The van der Waals surface area contributed by atoms with Gasteiger partial charge in [-0.2, -0.15) is 0 Å². The van der Waals surface area contributed by atoms with Crippen LogP contribution < -0.4 is 10.6 Å². The van der Waals surface area contributed by atoms with Crippen LogP contribution in [-0.4, -0.2) is 17.6 Å². The largest absolute Gasteiger partial charge is 0.384 e. The van der Waals surface area contributed by atoms with E-state index in [0.29, 0.717) is 12.2 Å². The van der Waals surface area contributed by atoms with Crippen LogP contribution in [0.4, 0.5) is 14.5 Å². The molecule has 24 heavy (non-hydrogen) atoms. The Hall–Kier alpha value is -2.31. The second-order valence-corrected chi connectivity index (χ2v) is 5.88. The van der Waals surface area contributed by atoms with Gasteiger partial charge in [0.1, 0.15) is 17.2 Å². The maximum Gasteiger partial charge on any atom is 0.221 e. The van der Waals surface area contributed by atoms with Crippen LogP contribution in [0.3, 0.4) is 0 Å². The van der Waals surface area contributed by atoms with Gasteiger partial charge in [0.15, 0.2) is 0 Å².